The third-order valence-corrected chi connectivity index (χ3v) is 5.54. The van der Waals surface area contributed by atoms with Gasteiger partial charge in [-0.25, -0.2) is 9.50 Å². The van der Waals surface area contributed by atoms with Crippen LogP contribution in [0.1, 0.15) is 12.1 Å². The molecule has 0 radical (unpaired) electrons. The molecule has 5 heterocycles. The fourth-order valence-corrected chi connectivity index (χ4v) is 3.86. The Morgan fingerprint density at radius 2 is 2.19 bits per heavy atom. The Morgan fingerprint density at radius 3 is 2.90 bits per heavy atom. The molecule has 0 amide bonds. The molecular weight excluding hydrogens is 400 g/mol. The van der Waals surface area contributed by atoms with E-state index in [1.807, 2.05) is 12.3 Å². The zero-order valence-electron chi connectivity index (χ0n) is 16.7. The fraction of sp³-hybridized carbons (Fsp3) is 0.316. The molecule has 5 rings (SSSR count). The number of nitrogen functional groups attached to an aromatic ring is 1. The van der Waals surface area contributed by atoms with Crippen molar-refractivity contribution in [1.82, 2.24) is 39.6 Å². The molecule has 1 aliphatic heterocycles. The Balaban J connectivity index is 1.61. The molecule has 0 saturated carbocycles. The van der Waals surface area contributed by atoms with Gasteiger partial charge in [-0.15, -0.1) is 0 Å². The molecule has 12 heteroatoms. The predicted octanol–water partition coefficient (Wildman–Crippen LogP) is 0.543. The van der Waals surface area contributed by atoms with Gasteiger partial charge in [0.05, 0.1) is 68.5 Å². The normalized spacial score (nSPS) is 15.8. The number of nitrogens with zero attached hydrogens (tertiary/aromatic N) is 8. The van der Waals surface area contributed by atoms with Gasteiger partial charge in [-0.05, 0) is 12.1 Å². The number of hydrogen-bond acceptors (Lipinski definition) is 9. The van der Waals surface area contributed by atoms with Crippen LogP contribution in [0.3, 0.4) is 0 Å². The van der Waals surface area contributed by atoms with E-state index in [1.165, 1.54) is 0 Å². The van der Waals surface area contributed by atoms with Gasteiger partial charge < -0.3 is 15.7 Å². The van der Waals surface area contributed by atoms with Gasteiger partial charge in [0.15, 0.2) is 5.82 Å². The second-order valence-electron chi connectivity index (χ2n) is 7.48. The van der Waals surface area contributed by atoms with Gasteiger partial charge in [0, 0.05) is 6.20 Å². The van der Waals surface area contributed by atoms with Crippen molar-refractivity contribution in [2.45, 2.75) is 18.6 Å². The number of rotatable bonds is 6. The van der Waals surface area contributed by atoms with E-state index in [0.29, 0.717) is 47.2 Å². The molecule has 4 N–H and O–H groups in total. The number of hydroxylamine groups is 2. The van der Waals surface area contributed by atoms with Crippen LogP contribution in [0.2, 0.25) is 0 Å². The van der Waals surface area contributed by atoms with Crippen molar-refractivity contribution in [3.05, 3.63) is 36.4 Å². The number of aromatic nitrogens is 7. The molecule has 0 spiro atoms. The smallest absolute Gasteiger partial charge is 0.155 e. The summed E-state index contributed by atoms with van der Waals surface area (Å²) < 4.78 is 3.44. The SMILES string of the molecule is CON1CC(CC#N)(n2cc(-c3nc(-c4cc(CO)[nH]n4)cn4nccc34)c(N)n2)C1. The van der Waals surface area contributed by atoms with Crippen LogP contribution in [0.15, 0.2) is 30.7 Å². The summed E-state index contributed by atoms with van der Waals surface area (Å²) in [7, 11) is 1.60. The molecule has 0 aromatic carbocycles. The van der Waals surface area contributed by atoms with Gasteiger partial charge in [-0.1, -0.05) is 0 Å². The van der Waals surface area contributed by atoms with E-state index in [-0.39, 0.29) is 13.0 Å². The summed E-state index contributed by atoms with van der Waals surface area (Å²) in [4.78, 5) is 10.0. The molecule has 4 aromatic heterocycles. The number of nitrogens with two attached hydrogens (primary N) is 1. The monoisotopic (exact) mass is 420 g/mol. The van der Waals surface area contributed by atoms with E-state index in [0.717, 1.165) is 5.52 Å². The summed E-state index contributed by atoms with van der Waals surface area (Å²) >= 11 is 0. The highest BCUT2D eigenvalue weighted by Gasteiger charge is 2.46. The number of fused-ring (bicyclic) bond motifs is 1. The molecule has 0 atom stereocenters. The van der Waals surface area contributed by atoms with Crippen LogP contribution >= 0.6 is 0 Å². The lowest BCUT2D eigenvalue weighted by Crippen LogP contribution is -2.62. The van der Waals surface area contributed by atoms with Gasteiger partial charge >= 0.3 is 0 Å². The molecule has 1 fully saturated rings. The average molecular weight is 420 g/mol. The first-order chi connectivity index (χ1) is 15.1. The second-order valence-corrected chi connectivity index (χ2v) is 7.48. The lowest BCUT2D eigenvalue weighted by atomic mass is 9.89. The van der Waals surface area contributed by atoms with Crippen molar-refractivity contribution in [1.29, 1.82) is 5.26 Å². The zero-order valence-corrected chi connectivity index (χ0v) is 16.7. The molecule has 0 unspecified atom stereocenters. The lowest BCUT2D eigenvalue weighted by Gasteiger charge is -2.47. The molecule has 4 aromatic rings. The summed E-state index contributed by atoms with van der Waals surface area (Å²) in [6, 6.07) is 5.81. The fourth-order valence-electron chi connectivity index (χ4n) is 3.86. The minimum absolute atomic E-state index is 0.150. The van der Waals surface area contributed by atoms with Crippen molar-refractivity contribution in [3.63, 3.8) is 0 Å². The van der Waals surface area contributed by atoms with Gasteiger partial charge in [-0.2, -0.15) is 25.6 Å². The number of H-pyrrole nitrogens is 1. The minimum atomic E-state index is -0.510. The number of aliphatic hydroxyl groups is 1. The van der Waals surface area contributed by atoms with Crippen molar-refractivity contribution in [3.8, 4) is 28.7 Å². The van der Waals surface area contributed by atoms with Crippen LogP contribution in [-0.2, 0) is 17.0 Å². The van der Waals surface area contributed by atoms with Crippen molar-refractivity contribution in [2.75, 3.05) is 25.9 Å². The van der Waals surface area contributed by atoms with Crippen LogP contribution in [0.5, 0.6) is 0 Å². The van der Waals surface area contributed by atoms with E-state index in [2.05, 4.69) is 26.5 Å². The van der Waals surface area contributed by atoms with E-state index >= 15 is 0 Å². The molecule has 1 saturated heterocycles. The maximum atomic E-state index is 9.35. The molecule has 0 aliphatic carbocycles. The van der Waals surface area contributed by atoms with Gasteiger partial charge in [0.1, 0.15) is 22.6 Å². The Hall–Kier alpha value is -3.79. The van der Waals surface area contributed by atoms with Gasteiger partial charge in [0.25, 0.3) is 0 Å². The van der Waals surface area contributed by atoms with Crippen molar-refractivity contribution >= 4 is 11.3 Å². The van der Waals surface area contributed by atoms with Crippen LogP contribution in [0.4, 0.5) is 5.82 Å². The Kier molecular flexibility index (Phi) is 4.44. The highest BCUT2D eigenvalue weighted by molar-refractivity contribution is 5.83. The van der Waals surface area contributed by atoms with Crippen LogP contribution in [-0.4, -0.2) is 64.9 Å². The third kappa shape index (κ3) is 3.03. The maximum absolute atomic E-state index is 9.35. The highest BCUT2D eigenvalue weighted by Crippen LogP contribution is 2.36. The topological polar surface area (TPSA) is 159 Å². The molecule has 1 aliphatic rings. The second kappa shape index (κ2) is 7.17. The third-order valence-electron chi connectivity index (χ3n) is 5.54. The standard InChI is InChI=1S/C19H20N10O2/c1-31-27-10-19(11-27,3-4-20)29-7-13(18(21)26-29)17-16-2-5-22-28(16)8-15(23-17)14-6-12(9-30)24-25-14/h2,5-8,30H,3,9-11H2,1H3,(H2,21,26)(H,24,25). The minimum Gasteiger partial charge on any atom is -0.390 e. The summed E-state index contributed by atoms with van der Waals surface area (Å²) in [5, 5.41) is 36.3. The summed E-state index contributed by atoms with van der Waals surface area (Å²) in [5.41, 5.74) is 9.51. The quantitative estimate of drug-likeness (QED) is 0.404. The number of anilines is 1. The van der Waals surface area contributed by atoms with E-state index in [4.69, 9.17) is 15.6 Å². The molecule has 31 heavy (non-hydrogen) atoms. The van der Waals surface area contributed by atoms with E-state index < -0.39 is 5.54 Å². The molecule has 0 bridgehead atoms. The van der Waals surface area contributed by atoms with Crippen molar-refractivity contribution in [2.24, 2.45) is 0 Å². The first kappa shape index (κ1) is 19.2. The van der Waals surface area contributed by atoms with Crippen LogP contribution in [0, 0.1) is 11.3 Å². The zero-order chi connectivity index (χ0) is 21.6. The first-order valence-electron chi connectivity index (χ1n) is 9.59. The summed E-state index contributed by atoms with van der Waals surface area (Å²) in [5.74, 6) is 0.305. The highest BCUT2D eigenvalue weighted by atomic mass is 16.7. The number of hydrogen-bond donors (Lipinski definition) is 3. The van der Waals surface area contributed by atoms with E-state index in [9.17, 15) is 10.4 Å². The average Bonchev–Trinajstić information content (AvgIpc) is 3.48. The van der Waals surface area contributed by atoms with Gasteiger partial charge in [-0.3, -0.25) is 9.78 Å². The summed E-state index contributed by atoms with van der Waals surface area (Å²) in [6.45, 7) is 0.915. The maximum Gasteiger partial charge on any atom is 0.155 e. The van der Waals surface area contributed by atoms with Crippen LogP contribution < -0.4 is 5.73 Å². The predicted molar refractivity (Wildman–Crippen MR) is 109 cm³/mol. The molecule has 158 valence electrons. The Labute approximate surface area is 176 Å². The van der Waals surface area contributed by atoms with E-state index in [1.54, 1.807) is 39.8 Å². The first-order valence-corrected chi connectivity index (χ1v) is 9.59. The van der Waals surface area contributed by atoms with Gasteiger partial charge in [0.2, 0.25) is 0 Å². The van der Waals surface area contributed by atoms with Crippen LogP contribution in [0.25, 0.3) is 28.2 Å². The van der Waals surface area contributed by atoms with Crippen molar-refractivity contribution < 1.29 is 9.94 Å². The lowest BCUT2D eigenvalue weighted by molar-refractivity contribution is -0.226. The Morgan fingerprint density at radius 1 is 1.35 bits per heavy atom. The summed E-state index contributed by atoms with van der Waals surface area (Å²) in [6.07, 6.45) is 5.53. The number of aliphatic hydroxyl groups excluding tert-OH is 1. The number of nitriles is 1. The number of aromatic amines is 1. The largest absolute Gasteiger partial charge is 0.390 e. The molecule has 12 nitrogen and oxygen atoms in total. The number of nitrogens with one attached hydrogen (secondary N) is 1. The Bertz CT molecular complexity index is 1290. The molecular formula is C19H20N10O2.